The quantitative estimate of drug-likeness (QED) is 0.628. The maximum absolute atomic E-state index is 12.6. The Labute approximate surface area is 158 Å². The Kier molecular flexibility index (Phi) is 6.93. The topological polar surface area (TPSA) is 99.3 Å². The molecule has 0 fully saturated rings. The molecule has 0 saturated heterocycles. The Morgan fingerprint density at radius 1 is 0.741 bits per heavy atom. The molecule has 1 unspecified atom stereocenters. The first-order valence-electron chi connectivity index (χ1n) is 8.66. The molecule has 142 valence electrons. The number of amides is 4. The molecule has 4 N–H and O–H groups in total. The molecule has 0 saturated carbocycles. The van der Waals surface area contributed by atoms with E-state index < -0.39 is 12.1 Å². The predicted molar refractivity (Wildman–Crippen MR) is 107 cm³/mol. The van der Waals surface area contributed by atoms with E-state index in [1.165, 1.54) is 6.92 Å². The van der Waals surface area contributed by atoms with Crippen molar-refractivity contribution in [3.8, 4) is 0 Å². The summed E-state index contributed by atoms with van der Waals surface area (Å²) in [6.07, 6.45) is 0. The predicted octanol–water partition coefficient (Wildman–Crippen LogP) is 3.43. The first-order chi connectivity index (χ1) is 12.8. The Morgan fingerprint density at radius 2 is 1.26 bits per heavy atom. The molecule has 7 nitrogen and oxygen atoms in total. The summed E-state index contributed by atoms with van der Waals surface area (Å²) < 4.78 is 0. The molecule has 2 rings (SSSR count). The van der Waals surface area contributed by atoms with Gasteiger partial charge in [0.2, 0.25) is 11.8 Å². The van der Waals surface area contributed by atoms with Crippen LogP contribution < -0.4 is 21.3 Å². The van der Waals surface area contributed by atoms with Crippen LogP contribution in [-0.2, 0) is 9.59 Å². The largest absolute Gasteiger partial charge is 0.326 e. The average molecular weight is 368 g/mol. The van der Waals surface area contributed by atoms with Gasteiger partial charge in [-0.15, -0.1) is 0 Å². The number of hydrogen-bond acceptors (Lipinski definition) is 3. The molecule has 0 bridgehead atoms. The minimum absolute atomic E-state index is 0.106. The van der Waals surface area contributed by atoms with Gasteiger partial charge in [-0.3, -0.25) is 9.59 Å². The molecule has 2 aromatic carbocycles. The first-order valence-corrected chi connectivity index (χ1v) is 8.66. The Bertz CT molecular complexity index is 789. The van der Waals surface area contributed by atoms with Crippen LogP contribution in [0.1, 0.15) is 20.8 Å². The number of nitrogens with one attached hydrogen (secondary N) is 4. The molecule has 0 heterocycles. The van der Waals surface area contributed by atoms with Crippen LogP contribution in [0.4, 0.5) is 21.9 Å². The van der Waals surface area contributed by atoms with Crippen molar-refractivity contribution in [1.29, 1.82) is 0 Å². The van der Waals surface area contributed by atoms with E-state index in [-0.39, 0.29) is 17.7 Å². The smallest absolute Gasteiger partial charge is 0.319 e. The lowest BCUT2D eigenvalue weighted by Gasteiger charge is -2.22. The number of carbonyl (C=O) groups is 3. The third-order valence-corrected chi connectivity index (χ3v) is 3.74. The van der Waals surface area contributed by atoms with Crippen molar-refractivity contribution in [2.45, 2.75) is 26.8 Å². The van der Waals surface area contributed by atoms with Crippen LogP contribution in [0.2, 0.25) is 0 Å². The van der Waals surface area contributed by atoms with Gasteiger partial charge in [-0.1, -0.05) is 32.0 Å². The van der Waals surface area contributed by atoms with Gasteiger partial charge >= 0.3 is 6.03 Å². The molecule has 27 heavy (non-hydrogen) atoms. The fourth-order valence-electron chi connectivity index (χ4n) is 2.43. The lowest BCUT2D eigenvalue weighted by atomic mass is 10.0. The summed E-state index contributed by atoms with van der Waals surface area (Å²) in [5, 5.41) is 10.8. The van der Waals surface area contributed by atoms with E-state index in [0.29, 0.717) is 17.1 Å². The van der Waals surface area contributed by atoms with Gasteiger partial charge in [0.05, 0.1) is 0 Å². The fourth-order valence-corrected chi connectivity index (χ4v) is 2.43. The van der Waals surface area contributed by atoms with Crippen LogP contribution in [0.5, 0.6) is 0 Å². The highest BCUT2D eigenvalue weighted by atomic mass is 16.2. The van der Waals surface area contributed by atoms with Crippen molar-refractivity contribution in [3.05, 3.63) is 54.6 Å². The monoisotopic (exact) mass is 368 g/mol. The van der Waals surface area contributed by atoms with E-state index in [2.05, 4.69) is 21.3 Å². The maximum atomic E-state index is 12.6. The summed E-state index contributed by atoms with van der Waals surface area (Å²) in [6, 6.07) is 14.6. The molecule has 7 heteroatoms. The van der Waals surface area contributed by atoms with Gasteiger partial charge < -0.3 is 21.3 Å². The van der Waals surface area contributed by atoms with E-state index in [0.717, 1.165) is 0 Å². The van der Waals surface area contributed by atoms with E-state index >= 15 is 0 Å². The van der Waals surface area contributed by atoms with E-state index in [4.69, 9.17) is 0 Å². The number of hydrogen-bond donors (Lipinski definition) is 4. The van der Waals surface area contributed by atoms with Crippen molar-refractivity contribution in [2.75, 3.05) is 16.0 Å². The van der Waals surface area contributed by atoms with Crippen molar-refractivity contribution >= 4 is 34.9 Å². The summed E-state index contributed by atoms with van der Waals surface area (Å²) in [7, 11) is 0. The van der Waals surface area contributed by atoms with Gasteiger partial charge in [-0.2, -0.15) is 0 Å². The standard InChI is InChI=1S/C20H24N4O3/c1-13(2)18(24-20(27)23-15-7-5-4-6-8-15)19(26)22-17-11-9-16(10-12-17)21-14(3)25/h4-13,18H,1-3H3,(H,21,25)(H,22,26)(H2,23,24,27). The van der Waals surface area contributed by atoms with Gasteiger partial charge in [0.1, 0.15) is 6.04 Å². The highest BCUT2D eigenvalue weighted by Crippen LogP contribution is 2.15. The molecule has 4 amide bonds. The molecule has 0 aliphatic rings. The summed E-state index contributed by atoms with van der Waals surface area (Å²) >= 11 is 0. The van der Waals surface area contributed by atoms with Crippen LogP contribution in [0.3, 0.4) is 0 Å². The van der Waals surface area contributed by atoms with Crippen LogP contribution in [0, 0.1) is 5.92 Å². The molecule has 0 aliphatic carbocycles. The van der Waals surface area contributed by atoms with Crippen molar-refractivity contribution in [2.24, 2.45) is 5.92 Å². The van der Waals surface area contributed by atoms with E-state index in [9.17, 15) is 14.4 Å². The molecule has 1 atom stereocenters. The van der Waals surface area contributed by atoms with Crippen LogP contribution >= 0.6 is 0 Å². The fraction of sp³-hybridized carbons (Fsp3) is 0.250. The molecule has 0 aromatic heterocycles. The molecule has 0 spiro atoms. The maximum Gasteiger partial charge on any atom is 0.319 e. The van der Waals surface area contributed by atoms with Gasteiger partial charge in [0.15, 0.2) is 0 Å². The van der Waals surface area contributed by atoms with Crippen molar-refractivity contribution in [1.82, 2.24) is 5.32 Å². The highest BCUT2D eigenvalue weighted by Gasteiger charge is 2.24. The van der Waals surface area contributed by atoms with Crippen LogP contribution in [-0.4, -0.2) is 23.9 Å². The number of anilines is 3. The summed E-state index contributed by atoms with van der Waals surface area (Å²) in [4.78, 5) is 35.8. The van der Waals surface area contributed by atoms with Gasteiger partial charge in [0, 0.05) is 24.0 Å². The highest BCUT2D eigenvalue weighted by molar-refractivity contribution is 5.99. The zero-order valence-electron chi connectivity index (χ0n) is 15.6. The van der Waals surface area contributed by atoms with E-state index in [1.54, 1.807) is 36.4 Å². The minimum atomic E-state index is -0.705. The van der Waals surface area contributed by atoms with Crippen LogP contribution in [0.15, 0.2) is 54.6 Å². The molecular formula is C20H24N4O3. The minimum Gasteiger partial charge on any atom is -0.326 e. The SMILES string of the molecule is CC(=O)Nc1ccc(NC(=O)C(NC(=O)Nc2ccccc2)C(C)C)cc1. The normalized spacial score (nSPS) is 11.4. The molecule has 2 aromatic rings. The number of para-hydroxylation sites is 1. The number of carbonyl (C=O) groups excluding carboxylic acids is 3. The number of benzene rings is 2. The summed E-state index contributed by atoms with van der Waals surface area (Å²) in [6.45, 7) is 5.13. The second-order valence-electron chi connectivity index (χ2n) is 6.43. The third kappa shape index (κ3) is 6.47. The number of urea groups is 1. The Hall–Kier alpha value is -3.35. The summed E-state index contributed by atoms with van der Waals surface area (Å²) in [5.41, 5.74) is 1.86. The third-order valence-electron chi connectivity index (χ3n) is 3.74. The average Bonchev–Trinajstić information content (AvgIpc) is 2.61. The van der Waals surface area contributed by atoms with Crippen molar-refractivity contribution in [3.63, 3.8) is 0 Å². The molecular weight excluding hydrogens is 344 g/mol. The van der Waals surface area contributed by atoms with Crippen molar-refractivity contribution < 1.29 is 14.4 Å². The van der Waals surface area contributed by atoms with Gasteiger partial charge in [-0.05, 0) is 42.3 Å². The zero-order chi connectivity index (χ0) is 19.8. The second-order valence-corrected chi connectivity index (χ2v) is 6.43. The van der Waals surface area contributed by atoms with Crippen LogP contribution in [0.25, 0.3) is 0 Å². The summed E-state index contributed by atoms with van der Waals surface area (Å²) in [5.74, 6) is -0.592. The molecule has 0 radical (unpaired) electrons. The van der Waals surface area contributed by atoms with Gasteiger partial charge in [-0.25, -0.2) is 4.79 Å². The Morgan fingerprint density at radius 3 is 1.78 bits per heavy atom. The Balaban J connectivity index is 1.97. The number of rotatable bonds is 6. The van der Waals surface area contributed by atoms with Gasteiger partial charge in [0.25, 0.3) is 0 Å². The lowest BCUT2D eigenvalue weighted by Crippen LogP contribution is -2.48. The molecule has 0 aliphatic heterocycles. The van der Waals surface area contributed by atoms with E-state index in [1.807, 2.05) is 32.0 Å². The second kappa shape index (κ2) is 9.38. The first kappa shape index (κ1) is 20.0. The zero-order valence-corrected chi connectivity index (χ0v) is 15.6. The lowest BCUT2D eigenvalue weighted by molar-refractivity contribution is -0.118.